The van der Waals surface area contributed by atoms with E-state index < -0.39 is 11.7 Å². The lowest BCUT2D eigenvalue weighted by Crippen LogP contribution is -2.27. The topological polar surface area (TPSA) is 75.5 Å². The summed E-state index contributed by atoms with van der Waals surface area (Å²) in [6, 6.07) is 15.4. The number of nitrogens with zero attached hydrogens (tertiary/aromatic N) is 3. The number of thiazole rings is 1. The molecule has 0 saturated heterocycles. The molecule has 0 aliphatic rings. The molecule has 0 amide bonds. The van der Waals surface area contributed by atoms with Gasteiger partial charge in [0.1, 0.15) is 12.2 Å². The third-order valence-corrected chi connectivity index (χ3v) is 6.22. The van der Waals surface area contributed by atoms with Crippen molar-refractivity contribution in [1.29, 1.82) is 0 Å². The highest BCUT2D eigenvalue weighted by Gasteiger charge is 2.26. The number of rotatable bonds is 5. The van der Waals surface area contributed by atoms with E-state index in [0.717, 1.165) is 26.9 Å². The fraction of sp³-hybridized carbons (Fsp3) is 0.222. The molecule has 0 aliphatic heterocycles. The summed E-state index contributed by atoms with van der Waals surface area (Å²) < 4.78 is 19.2. The highest BCUT2D eigenvalue weighted by molar-refractivity contribution is 7.13. The van der Waals surface area contributed by atoms with Crippen LogP contribution in [0.15, 0.2) is 66.4 Å². The van der Waals surface area contributed by atoms with Crippen molar-refractivity contribution in [1.82, 2.24) is 14.5 Å². The molecule has 0 fully saturated rings. The molecule has 0 unspecified atom stereocenters. The summed E-state index contributed by atoms with van der Waals surface area (Å²) in [5.41, 5.74) is 4.22. The van der Waals surface area contributed by atoms with Gasteiger partial charge < -0.3 is 14.2 Å². The number of hydrogen-bond acceptors (Lipinski definition) is 7. The number of hydrogen-bond donors (Lipinski definition) is 0. The first-order chi connectivity index (χ1) is 16.9. The van der Waals surface area contributed by atoms with Crippen LogP contribution in [0, 0.1) is 0 Å². The Morgan fingerprint density at radius 2 is 1.86 bits per heavy atom. The number of pyridine rings is 1. The van der Waals surface area contributed by atoms with Crippen molar-refractivity contribution in [3.63, 3.8) is 0 Å². The van der Waals surface area contributed by atoms with Crippen LogP contribution in [0.4, 0.5) is 4.79 Å². The van der Waals surface area contributed by atoms with Gasteiger partial charge in [-0.3, -0.25) is 9.97 Å². The fourth-order valence-electron chi connectivity index (χ4n) is 4.00. The Balaban J connectivity index is 1.74. The standard InChI is InChI=1S/C27H25N3O4S/c1-27(2,3)34-26(31)30-19-10-11-29-25(23-14-28-16-35-23)24(19)18-12-21(32-4)22(13-20(18)30)33-15-17-8-6-5-7-9-17/h5-14,16H,15H2,1-4H3. The van der Waals surface area contributed by atoms with Crippen LogP contribution in [0.25, 0.3) is 32.4 Å². The highest BCUT2D eigenvalue weighted by atomic mass is 32.1. The molecule has 0 aliphatic carbocycles. The van der Waals surface area contributed by atoms with Gasteiger partial charge in [-0.15, -0.1) is 11.3 Å². The van der Waals surface area contributed by atoms with E-state index in [1.54, 1.807) is 29.6 Å². The maximum Gasteiger partial charge on any atom is 0.419 e. The van der Waals surface area contributed by atoms with Crippen LogP contribution < -0.4 is 9.47 Å². The Morgan fingerprint density at radius 1 is 1.06 bits per heavy atom. The Hall–Kier alpha value is -3.91. The summed E-state index contributed by atoms with van der Waals surface area (Å²) in [5, 5.41) is 1.64. The molecule has 0 saturated carbocycles. The number of ether oxygens (including phenoxy) is 3. The highest BCUT2D eigenvalue weighted by Crippen LogP contribution is 2.42. The van der Waals surface area contributed by atoms with E-state index in [1.165, 1.54) is 11.3 Å². The monoisotopic (exact) mass is 487 g/mol. The molecular formula is C27H25N3O4S. The molecule has 0 N–H and O–H groups in total. The first-order valence-electron chi connectivity index (χ1n) is 11.2. The first-order valence-corrected chi connectivity index (χ1v) is 12.0. The zero-order chi connectivity index (χ0) is 24.6. The summed E-state index contributed by atoms with van der Waals surface area (Å²) in [4.78, 5) is 23.2. The second-order valence-electron chi connectivity index (χ2n) is 9.03. The van der Waals surface area contributed by atoms with Crippen LogP contribution in [0.1, 0.15) is 26.3 Å². The van der Waals surface area contributed by atoms with E-state index in [9.17, 15) is 4.79 Å². The predicted octanol–water partition coefficient (Wildman–Crippen LogP) is 6.68. The number of methoxy groups -OCH3 is 1. The van der Waals surface area contributed by atoms with E-state index in [0.29, 0.717) is 29.1 Å². The lowest BCUT2D eigenvalue weighted by molar-refractivity contribution is 0.0551. The Kier molecular flexibility index (Phi) is 5.90. The van der Waals surface area contributed by atoms with Gasteiger partial charge in [0.15, 0.2) is 11.5 Å². The largest absolute Gasteiger partial charge is 0.493 e. The van der Waals surface area contributed by atoms with Gasteiger partial charge in [-0.05, 0) is 38.5 Å². The molecule has 0 radical (unpaired) electrons. The van der Waals surface area contributed by atoms with Crippen molar-refractivity contribution < 1.29 is 19.0 Å². The van der Waals surface area contributed by atoms with Gasteiger partial charge in [0, 0.05) is 29.2 Å². The molecule has 5 aromatic rings. The van der Waals surface area contributed by atoms with Crippen LogP contribution in [0.2, 0.25) is 0 Å². The van der Waals surface area contributed by atoms with Gasteiger partial charge in [0.05, 0.1) is 34.2 Å². The molecule has 0 spiro atoms. The van der Waals surface area contributed by atoms with Crippen molar-refractivity contribution in [2.45, 2.75) is 33.0 Å². The number of fused-ring (bicyclic) bond motifs is 3. The molecule has 5 rings (SSSR count). The molecule has 7 nitrogen and oxygen atoms in total. The predicted molar refractivity (Wildman–Crippen MR) is 137 cm³/mol. The smallest absolute Gasteiger partial charge is 0.419 e. The molecular weight excluding hydrogens is 462 g/mol. The van der Waals surface area contributed by atoms with Crippen molar-refractivity contribution in [3.05, 3.63) is 72.0 Å². The average Bonchev–Trinajstić information content (AvgIpc) is 3.47. The lowest BCUT2D eigenvalue weighted by Gasteiger charge is -2.20. The van der Waals surface area contributed by atoms with E-state index in [2.05, 4.69) is 9.97 Å². The van der Waals surface area contributed by atoms with Crippen LogP contribution in [-0.2, 0) is 11.3 Å². The Labute approximate surface area is 206 Å². The number of carbonyl (C=O) groups excluding carboxylic acids is 1. The molecule has 178 valence electrons. The van der Waals surface area contributed by atoms with Gasteiger partial charge in [0.2, 0.25) is 0 Å². The summed E-state index contributed by atoms with van der Waals surface area (Å²) in [7, 11) is 1.60. The minimum Gasteiger partial charge on any atom is -0.493 e. The number of aromatic nitrogens is 3. The summed E-state index contributed by atoms with van der Waals surface area (Å²) in [6.45, 7) is 5.91. The maximum absolute atomic E-state index is 13.4. The van der Waals surface area contributed by atoms with E-state index in [1.807, 2.05) is 69.3 Å². The zero-order valence-corrected chi connectivity index (χ0v) is 20.8. The lowest BCUT2D eigenvalue weighted by atomic mass is 10.1. The molecule has 2 aromatic carbocycles. The summed E-state index contributed by atoms with van der Waals surface area (Å²) in [5.74, 6) is 1.10. The maximum atomic E-state index is 13.4. The number of benzene rings is 2. The van der Waals surface area contributed by atoms with Gasteiger partial charge >= 0.3 is 6.09 Å². The second kappa shape index (κ2) is 9.03. The minimum absolute atomic E-state index is 0.364. The summed E-state index contributed by atoms with van der Waals surface area (Å²) in [6.07, 6.45) is 3.00. The molecule has 3 heterocycles. The van der Waals surface area contributed by atoms with Gasteiger partial charge in [-0.1, -0.05) is 30.3 Å². The molecule has 35 heavy (non-hydrogen) atoms. The Morgan fingerprint density at radius 3 is 2.54 bits per heavy atom. The van der Waals surface area contributed by atoms with Crippen molar-refractivity contribution >= 4 is 39.2 Å². The van der Waals surface area contributed by atoms with Crippen LogP contribution in [-0.4, -0.2) is 33.3 Å². The van der Waals surface area contributed by atoms with Crippen LogP contribution in [0.3, 0.4) is 0 Å². The van der Waals surface area contributed by atoms with Crippen LogP contribution >= 0.6 is 11.3 Å². The van der Waals surface area contributed by atoms with Crippen molar-refractivity contribution in [3.8, 4) is 22.1 Å². The minimum atomic E-state index is -0.660. The third-order valence-electron chi connectivity index (χ3n) is 5.44. The normalized spacial score (nSPS) is 11.7. The van der Waals surface area contributed by atoms with Crippen molar-refractivity contribution in [2.75, 3.05) is 7.11 Å². The van der Waals surface area contributed by atoms with Gasteiger partial charge in [-0.25, -0.2) is 9.36 Å². The third kappa shape index (κ3) is 4.44. The second-order valence-corrected chi connectivity index (χ2v) is 9.92. The van der Waals surface area contributed by atoms with Gasteiger partial charge in [-0.2, -0.15) is 0 Å². The molecule has 8 heteroatoms. The molecule has 0 bridgehead atoms. The average molecular weight is 488 g/mol. The van der Waals surface area contributed by atoms with E-state index in [4.69, 9.17) is 14.2 Å². The van der Waals surface area contributed by atoms with Gasteiger partial charge in [0.25, 0.3) is 0 Å². The fourth-order valence-corrected chi connectivity index (χ4v) is 4.62. The SMILES string of the molecule is COc1cc2c3c(-c4cncs4)nccc3n(C(=O)OC(C)(C)C)c2cc1OCc1ccccc1. The molecule has 0 atom stereocenters. The Bertz CT molecular complexity index is 1500. The molecule has 3 aromatic heterocycles. The first kappa shape index (κ1) is 22.9. The van der Waals surface area contributed by atoms with E-state index in [-0.39, 0.29) is 0 Å². The van der Waals surface area contributed by atoms with E-state index >= 15 is 0 Å². The van der Waals surface area contributed by atoms with Crippen LogP contribution in [0.5, 0.6) is 11.5 Å². The quantitative estimate of drug-likeness (QED) is 0.275. The van der Waals surface area contributed by atoms with Crippen molar-refractivity contribution in [2.24, 2.45) is 0 Å². The zero-order valence-electron chi connectivity index (χ0n) is 19.9. The number of carbonyl (C=O) groups is 1. The summed E-state index contributed by atoms with van der Waals surface area (Å²) >= 11 is 1.49.